The Bertz CT molecular complexity index is 1260. The van der Waals surface area contributed by atoms with E-state index in [4.69, 9.17) is 19.4 Å². The van der Waals surface area contributed by atoms with Crippen molar-refractivity contribution < 1.29 is 19.2 Å². The lowest BCUT2D eigenvalue weighted by Gasteiger charge is -2.28. The van der Waals surface area contributed by atoms with E-state index in [1.165, 1.54) is 32.8 Å². The number of nitro groups is 1. The molecule has 1 fully saturated rings. The Morgan fingerprint density at radius 1 is 1.17 bits per heavy atom. The van der Waals surface area contributed by atoms with Crippen LogP contribution in [-0.2, 0) is 6.54 Å². The summed E-state index contributed by atoms with van der Waals surface area (Å²) in [5, 5.41) is 20.4. The van der Waals surface area contributed by atoms with Crippen molar-refractivity contribution in [3.8, 4) is 11.5 Å². The summed E-state index contributed by atoms with van der Waals surface area (Å²) >= 11 is 1.57. The molecule has 192 valence electrons. The normalized spacial score (nSPS) is 13.6. The van der Waals surface area contributed by atoms with Gasteiger partial charge in [0.15, 0.2) is 22.3 Å². The van der Waals surface area contributed by atoms with Crippen LogP contribution in [0.5, 0.6) is 11.5 Å². The number of nitro benzene ring substituents is 1. The molecule has 36 heavy (non-hydrogen) atoms. The number of amides is 1. The second-order valence-electron chi connectivity index (χ2n) is 8.15. The topological polar surface area (TPSA) is 138 Å². The number of ether oxygens (including phenoxy) is 2. The van der Waals surface area contributed by atoms with Gasteiger partial charge in [0.25, 0.3) is 11.6 Å². The third kappa shape index (κ3) is 5.30. The zero-order valence-corrected chi connectivity index (χ0v) is 21.3. The minimum absolute atomic E-state index is 0.112. The van der Waals surface area contributed by atoms with Crippen LogP contribution in [0.25, 0.3) is 11.0 Å². The van der Waals surface area contributed by atoms with Gasteiger partial charge in [0.05, 0.1) is 43.3 Å². The lowest BCUT2D eigenvalue weighted by atomic mass is 10.1. The number of carbonyl (C=O) groups excluding carboxylic acids is 1. The van der Waals surface area contributed by atoms with E-state index in [0.717, 1.165) is 42.9 Å². The van der Waals surface area contributed by atoms with E-state index in [1.54, 1.807) is 22.6 Å². The summed E-state index contributed by atoms with van der Waals surface area (Å²) in [6, 6.07) is 2.49. The summed E-state index contributed by atoms with van der Waals surface area (Å²) in [6.45, 7) is 4.49. The maximum absolute atomic E-state index is 12.9. The van der Waals surface area contributed by atoms with Crippen LogP contribution >= 0.6 is 11.8 Å². The van der Waals surface area contributed by atoms with Gasteiger partial charge in [-0.25, -0.2) is 14.6 Å². The molecule has 0 saturated carbocycles. The van der Waals surface area contributed by atoms with Crippen molar-refractivity contribution in [2.45, 2.75) is 37.9 Å². The SMILES string of the molecule is CCSc1nc(N2CCCCC2)c2cnn(CCNC(=O)c3cc(OC)c(OC)cc3[N+](=O)[O-])c2n1. The molecule has 0 atom stereocenters. The first-order chi connectivity index (χ1) is 17.5. The lowest BCUT2D eigenvalue weighted by molar-refractivity contribution is -0.385. The summed E-state index contributed by atoms with van der Waals surface area (Å²) < 4.78 is 12.1. The molecule has 3 heterocycles. The van der Waals surface area contributed by atoms with E-state index < -0.39 is 10.8 Å². The van der Waals surface area contributed by atoms with Gasteiger partial charge in [0.1, 0.15) is 11.4 Å². The van der Waals surface area contributed by atoms with Gasteiger partial charge in [-0.15, -0.1) is 0 Å². The first kappa shape index (κ1) is 25.5. The van der Waals surface area contributed by atoms with Crippen LogP contribution < -0.4 is 19.7 Å². The first-order valence-corrected chi connectivity index (χ1v) is 12.7. The molecule has 2 aromatic heterocycles. The smallest absolute Gasteiger partial charge is 0.286 e. The molecule has 4 rings (SSSR count). The zero-order valence-electron chi connectivity index (χ0n) is 20.5. The van der Waals surface area contributed by atoms with E-state index in [1.807, 2.05) is 0 Å². The molecule has 0 aliphatic carbocycles. The van der Waals surface area contributed by atoms with Crippen LogP contribution in [-0.4, -0.2) is 70.2 Å². The lowest BCUT2D eigenvalue weighted by Crippen LogP contribution is -2.30. The highest BCUT2D eigenvalue weighted by Gasteiger charge is 2.25. The minimum Gasteiger partial charge on any atom is -0.493 e. The Labute approximate surface area is 212 Å². The number of anilines is 1. The highest BCUT2D eigenvalue weighted by Crippen LogP contribution is 2.34. The van der Waals surface area contributed by atoms with E-state index in [9.17, 15) is 14.9 Å². The summed E-state index contributed by atoms with van der Waals surface area (Å²) in [4.78, 5) is 35.6. The van der Waals surface area contributed by atoms with Crippen LogP contribution in [0.3, 0.4) is 0 Å². The fourth-order valence-electron chi connectivity index (χ4n) is 4.20. The number of benzene rings is 1. The summed E-state index contributed by atoms with van der Waals surface area (Å²) in [5.74, 6) is 1.55. The molecule has 0 unspecified atom stereocenters. The third-order valence-electron chi connectivity index (χ3n) is 5.94. The van der Waals surface area contributed by atoms with Gasteiger partial charge >= 0.3 is 0 Å². The zero-order chi connectivity index (χ0) is 25.7. The highest BCUT2D eigenvalue weighted by molar-refractivity contribution is 7.99. The predicted octanol–water partition coefficient (Wildman–Crippen LogP) is 3.28. The van der Waals surface area contributed by atoms with E-state index in [-0.39, 0.29) is 29.3 Å². The molecule has 1 aliphatic rings. The molecule has 1 aliphatic heterocycles. The summed E-state index contributed by atoms with van der Waals surface area (Å²) in [7, 11) is 2.78. The molecular weight excluding hydrogens is 486 g/mol. The number of carbonyl (C=O) groups is 1. The molecule has 1 aromatic carbocycles. The number of hydrogen-bond acceptors (Lipinski definition) is 10. The van der Waals surface area contributed by atoms with Gasteiger partial charge in [-0.2, -0.15) is 5.10 Å². The van der Waals surface area contributed by atoms with Crippen molar-refractivity contribution in [1.29, 1.82) is 0 Å². The standard InChI is InChI=1S/C23H29N7O5S/c1-4-36-23-26-20(28-9-6-5-7-10-28)16-14-25-29(21(16)27-23)11-8-24-22(31)15-12-18(34-2)19(35-3)13-17(15)30(32)33/h12-14H,4-11H2,1-3H3,(H,24,31). The van der Waals surface area contributed by atoms with E-state index >= 15 is 0 Å². The van der Waals surface area contributed by atoms with Crippen molar-refractivity contribution in [3.05, 3.63) is 34.0 Å². The average Bonchev–Trinajstić information content (AvgIpc) is 3.30. The number of methoxy groups -OCH3 is 2. The molecule has 3 aromatic rings. The fraction of sp³-hybridized carbons (Fsp3) is 0.478. The number of piperidine rings is 1. The molecule has 12 nitrogen and oxygen atoms in total. The second-order valence-corrected chi connectivity index (χ2v) is 9.38. The summed E-state index contributed by atoms with van der Waals surface area (Å²) in [5.41, 5.74) is 0.224. The molecular formula is C23H29N7O5S. The minimum atomic E-state index is -0.621. The average molecular weight is 516 g/mol. The predicted molar refractivity (Wildman–Crippen MR) is 136 cm³/mol. The molecule has 13 heteroatoms. The number of fused-ring (bicyclic) bond motifs is 1. The van der Waals surface area contributed by atoms with Crippen LogP contribution in [0.2, 0.25) is 0 Å². The van der Waals surface area contributed by atoms with Crippen LogP contribution in [0.4, 0.5) is 11.5 Å². The van der Waals surface area contributed by atoms with Gasteiger partial charge in [-0.3, -0.25) is 14.9 Å². The van der Waals surface area contributed by atoms with Crippen molar-refractivity contribution >= 4 is 40.2 Å². The number of nitrogens with one attached hydrogen (secondary N) is 1. The maximum Gasteiger partial charge on any atom is 0.286 e. The third-order valence-corrected chi connectivity index (χ3v) is 6.67. The second kappa shape index (κ2) is 11.4. The molecule has 0 bridgehead atoms. The maximum atomic E-state index is 12.9. The molecule has 1 amide bonds. The Balaban J connectivity index is 1.55. The van der Waals surface area contributed by atoms with Crippen molar-refractivity contribution in [2.75, 3.05) is 44.5 Å². The molecule has 1 N–H and O–H groups in total. The Morgan fingerprint density at radius 2 is 1.89 bits per heavy atom. The van der Waals surface area contributed by atoms with Crippen LogP contribution in [0.1, 0.15) is 36.5 Å². The van der Waals surface area contributed by atoms with Crippen molar-refractivity contribution in [1.82, 2.24) is 25.1 Å². The van der Waals surface area contributed by atoms with E-state index in [2.05, 4.69) is 22.2 Å². The van der Waals surface area contributed by atoms with Gasteiger partial charge in [-0.1, -0.05) is 18.7 Å². The Morgan fingerprint density at radius 3 is 2.56 bits per heavy atom. The van der Waals surface area contributed by atoms with Gasteiger partial charge < -0.3 is 19.7 Å². The number of nitrogens with zero attached hydrogens (tertiary/aromatic N) is 6. The van der Waals surface area contributed by atoms with Crippen molar-refractivity contribution in [3.63, 3.8) is 0 Å². The van der Waals surface area contributed by atoms with Crippen LogP contribution in [0, 0.1) is 10.1 Å². The van der Waals surface area contributed by atoms with Gasteiger partial charge in [0, 0.05) is 25.7 Å². The first-order valence-electron chi connectivity index (χ1n) is 11.8. The number of hydrogen-bond donors (Lipinski definition) is 1. The summed E-state index contributed by atoms with van der Waals surface area (Å²) in [6.07, 6.45) is 5.24. The van der Waals surface area contributed by atoms with Gasteiger partial charge in [-0.05, 0) is 25.0 Å². The number of aromatic nitrogens is 4. The number of thioether (sulfide) groups is 1. The monoisotopic (exact) mass is 515 g/mol. The van der Waals surface area contributed by atoms with Crippen molar-refractivity contribution in [2.24, 2.45) is 0 Å². The van der Waals surface area contributed by atoms with Gasteiger partial charge in [0.2, 0.25) is 0 Å². The fourth-order valence-corrected chi connectivity index (χ4v) is 4.76. The number of rotatable bonds is 10. The van der Waals surface area contributed by atoms with Crippen LogP contribution in [0.15, 0.2) is 23.5 Å². The largest absolute Gasteiger partial charge is 0.493 e. The molecule has 0 radical (unpaired) electrons. The Hall–Kier alpha value is -3.61. The molecule has 0 spiro atoms. The highest BCUT2D eigenvalue weighted by atomic mass is 32.2. The van der Waals surface area contributed by atoms with E-state index in [0.29, 0.717) is 17.3 Å². The Kier molecular flexibility index (Phi) is 8.08. The quantitative estimate of drug-likeness (QED) is 0.185. The molecule has 1 saturated heterocycles.